The number of aryl methyl sites for hydroxylation is 2. The normalized spacial score (nSPS) is 24.2. The third kappa shape index (κ3) is 3.71. The molecule has 3 rings (SSSR count). The van der Waals surface area contributed by atoms with Crippen LogP contribution in [-0.2, 0) is 4.79 Å². The van der Waals surface area contributed by atoms with Crippen LogP contribution in [0.4, 0.5) is 0 Å². The van der Waals surface area contributed by atoms with Crippen LogP contribution in [0, 0.1) is 25.7 Å². The third-order valence-corrected chi connectivity index (χ3v) is 5.82. The molecule has 1 saturated carbocycles. The molecule has 2 heterocycles. The molecule has 3 atom stereocenters. The van der Waals surface area contributed by atoms with Crippen LogP contribution in [0.3, 0.4) is 0 Å². The van der Waals surface area contributed by atoms with Crippen molar-refractivity contribution in [2.45, 2.75) is 58.2 Å². The van der Waals surface area contributed by atoms with Crippen molar-refractivity contribution in [3.63, 3.8) is 0 Å². The molecule has 0 radical (unpaired) electrons. The number of aromatic nitrogens is 4. The molecule has 2 aromatic rings. The van der Waals surface area contributed by atoms with E-state index >= 15 is 0 Å². The molecule has 130 valence electrons. The summed E-state index contributed by atoms with van der Waals surface area (Å²) >= 11 is 1.36. The largest absolute Gasteiger partial charge is 0.352 e. The standard InChI is InChI=1S/C17H25N5OS/c1-10-6-5-7-14(13(10)4)19-15(23)9-24-17-20-16-18-11(2)8-12(3)22(16)21-17/h8,10,13-14H,5-7,9H2,1-4H3,(H,19,23)/t10-,13-,14+/m0/s1. The van der Waals surface area contributed by atoms with Gasteiger partial charge in [0.15, 0.2) is 0 Å². The van der Waals surface area contributed by atoms with Crippen molar-refractivity contribution in [3.05, 3.63) is 17.5 Å². The second kappa shape index (κ2) is 7.09. The number of rotatable bonds is 4. The lowest BCUT2D eigenvalue weighted by atomic mass is 9.78. The van der Waals surface area contributed by atoms with E-state index in [9.17, 15) is 4.79 Å². The zero-order chi connectivity index (χ0) is 17.3. The molecular formula is C17H25N5OS. The summed E-state index contributed by atoms with van der Waals surface area (Å²) < 4.78 is 1.72. The Morgan fingerprint density at radius 2 is 2.12 bits per heavy atom. The maximum Gasteiger partial charge on any atom is 0.253 e. The topological polar surface area (TPSA) is 72.2 Å². The van der Waals surface area contributed by atoms with Crippen LogP contribution in [0.25, 0.3) is 5.78 Å². The van der Waals surface area contributed by atoms with Gasteiger partial charge in [-0.2, -0.15) is 4.98 Å². The zero-order valence-electron chi connectivity index (χ0n) is 14.7. The van der Waals surface area contributed by atoms with Gasteiger partial charge in [-0.05, 0) is 38.2 Å². The fraction of sp³-hybridized carbons (Fsp3) is 0.647. The highest BCUT2D eigenvalue weighted by atomic mass is 32.2. The minimum Gasteiger partial charge on any atom is -0.352 e. The lowest BCUT2D eigenvalue weighted by molar-refractivity contribution is -0.120. The number of hydrogen-bond donors (Lipinski definition) is 1. The number of thioether (sulfide) groups is 1. The summed E-state index contributed by atoms with van der Waals surface area (Å²) in [7, 11) is 0. The maximum atomic E-state index is 12.3. The molecule has 1 aliphatic rings. The van der Waals surface area contributed by atoms with E-state index in [0.717, 1.165) is 17.8 Å². The minimum atomic E-state index is 0.0608. The van der Waals surface area contributed by atoms with Crippen LogP contribution < -0.4 is 5.32 Å². The van der Waals surface area contributed by atoms with E-state index in [0.29, 0.717) is 34.6 Å². The fourth-order valence-electron chi connectivity index (χ4n) is 3.37. The van der Waals surface area contributed by atoms with Crippen LogP contribution in [-0.4, -0.2) is 37.3 Å². The van der Waals surface area contributed by atoms with E-state index in [4.69, 9.17) is 0 Å². The van der Waals surface area contributed by atoms with Crippen molar-refractivity contribution < 1.29 is 4.79 Å². The molecule has 24 heavy (non-hydrogen) atoms. The lowest BCUT2D eigenvalue weighted by Gasteiger charge is -2.34. The molecule has 0 unspecified atom stereocenters. The number of nitrogens with zero attached hydrogens (tertiary/aromatic N) is 4. The molecule has 0 aromatic carbocycles. The molecule has 0 spiro atoms. The van der Waals surface area contributed by atoms with Gasteiger partial charge < -0.3 is 5.32 Å². The second-order valence-corrected chi connectivity index (χ2v) is 7.82. The van der Waals surface area contributed by atoms with E-state index in [1.165, 1.54) is 24.6 Å². The van der Waals surface area contributed by atoms with Gasteiger partial charge in [0.25, 0.3) is 5.78 Å². The van der Waals surface area contributed by atoms with Crippen molar-refractivity contribution in [1.82, 2.24) is 24.9 Å². The van der Waals surface area contributed by atoms with Crippen molar-refractivity contribution in [2.24, 2.45) is 11.8 Å². The quantitative estimate of drug-likeness (QED) is 0.861. The Hall–Kier alpha value is -1.63. The number of fused-ring (bicyclic) bond motifs is 1. The fourth-order valence-corrected chi connectivity index (χ4v) is 4.00. The molecule has 1 N–H and O–H groups in total. The zero-order valence-corrected chi connectivity index (χ0v) is 15.6. The van der Waals surface area contributed by atoms with Gasteiger partial charge in [0.1, 0.15) is 0 Å². The second-order valence-electron chi connectivity index (χ2n) is 6.88. The number of hydrogen-bond acceptors (Lipinski definition) is 5. The van der Waals surface area contributed by atoms with Crippen LogP contribution >= 0.6 is 11.8 Å². The Morgan fingerprint density at radius 3 is 2.92 bits per heavy atom. The third-order valence-electron chi connectivity index (χ3n) is 4.98. The SMILES string of the molecule is Cc1cc(C)n2nc(SCC(=O)N[C@@H]3CCC[C@H](C)[C@@H]3C)nc2n1. The van der Waals surface area contributed by atoms with E-state index in [2.05, 4.69) is 34.2 Å². The predicted molar refractivity (Wildman–Crippen MR) is 95.1 cm³/mol. The molecule has 1 aliphatic carbocycles. The first-order chi connectivity index (χ1) is 11.4. The van der Waals surface area contributed by atoms with Gasteiger partial charge in [0.2, 0.25) is 11.1 Å². The van der Waals surface area contributed by atoms with Gasteiger partial charge in [-0.15, -0.1) is 5.10 Å². The van der Waals surface area contributed by atoms with Crippen molar-refractivity contribution in [3.8, 4) is 0 Å². The van der Waals surface area contributed by atoms with Gasteiger partial charge >= 0.3 is 0 Å². The molecule has 1 fully saturated rings. The van der Waals surface area contributed by atoms with Gasteiger partial charge in [-0.3, -0.25) is 4.79 Å². The lowest BCUT2D eigenvalue weighted by Crippen LogP contribution is -2.44. The Kier molecular flexibility index (Phi) is 5.08. The number of carbonyl (C=O) groups excluding carboxylic acids is 1. The van der Waals surface area contributed by atoms with Gasteiger partial charge in [-0.1, -0.05) is 38.5 Å². The van der Waals surface area contributed by atoms with E-state index < -0.39 is 0 Å². The van der Waals surface area contributed by atoms with Crippen LogP contribution in [0.1, 0.15) is 44.5 Å². The summed E-state index contributed by atoms with van der Waals surface area (Å²) in [5, 5.41) is 8.20. The maximum absolute atomic E-state index is 12.3. The average Bonchev–Trinajstić information content (AvgIpc) is 2.93. The minimum absolute atomic E-state index is 0.0608. The molecule has 7 heteroatoms. The molecule has 1 amide bonds. The van der Waals surface area contributed by atoms with E-state index in [-0.39, 0.29) is 5.91 Å². The number of carbonyl (C=O) groups is 1. The average molecular weight is 347 g/mol. The Balaban J connectivity index is 1.59. The summed E-state index contributed by atoms with van der Waals surface area (Å²) in [5.74, 6) is 2.20. The molecule has 0 aliphatic heterocycles. The summed E-state index contributed by atoms with van der Waals surface area (Å²) in [6, 6.07) is 2.26. The van der Waals surface area contributed by atoms with Gasteiger partial charge in [0.05, 0.1) is 5.75 Å². The highest BCUT2D eigenvalue weighted by Gasteiger charge is 2.28. The summed E-state index contributed by atoms with van der Waals surface area (Å²) in [6.07, 6.45) is 3.54. The highest BCUT2D eigenvalue weighted by molar-refractivity contribution is 7.99. The van der Waals surface area contributed by atoms with Gasteiger partial charge in [-0.25, -0.2) is 9.50 Å². The van der Waals surface area contributed by atoms with Crippen LogP contribution in [0.2, 0.25) is 0 Å². The smallest absolute Gasteiger partial charge is 0.253 e. The Bertz CT molecular complexity index is 744. The number of amides is 1. The highest BCUT2D eigenvalue weighted by Crippen LogP contribution is 2.29. The Morgan fingerprint density at radius 1 is 1.33 bits per heavy atom. The molecule has 2 aromatic heterocycles. The van der Waals surface area contributed by atoms with Crippen molar-refractivity contribution in [2.75, 3.05) is 5.75 Å². The molecule has 6 nitrogen and oxygen atoms in total. The van der Waals surface area contributed by atoms with Crippen molar-refractivity contribution in [1.29, 1.82) is 0 Å². The monoisotopic (exact) mass is 347 g/mol. The van der Waals surface area contributed by atoms with Crippen molar-refractivity contribution >= 4 is 23.4 Å². The number of nitrogens with one attached hydrogen (secondary N) is 1. The first-order valence-electron chi connectivity index (χ1n) is 8.57. The molecular weight excluding hydrogens is 322 g/mol. The van der Waals surface area contributed by atoms with E-state index in [1.54, 1.807) is 4.52 Å². The van der Waals surface area contributed by atoms with Gasteiger partial charge in [0, 0.05) is 17.4 Å². The first kappa shape index (κ1) is 17.2. The predicted octanol–water partition coefficient (Wildman–Crippen LogP) is 2.77. The Labute approximate surface area is 146 Å². The van der Waals surface area contributed by atoms with E-state index in [1.807, 2.05) is 19.9 Å². The summed E-state index contributed by atoms with van der Waals surface area (Å²) in [5.41, 5.74) is 1.91. The molecule has 0 bridgehead atoms. The summed E-state index contributed by atoms with van der Waals surface area (Å²) in [6.45, 7) is 8.43. The van der Waals surface area contributed by atoms with Crippen LogP contribution in [0.15, 0.2) is 11.2 Å². The van der Waals surface area contributed by atoms with Crippen LogP contribution in [0.5, 0.6) is 0 Å². The summed E-state index contributed by atoms with van der Waals surface area (Å²) in [4.78, 5) is 21.0. The molecule has 0 saturated heterocycles. The first-order valence-corrected chi connectivity index (χ1v) is 9.56.